The van der Waals surface area contributed by atoms with Gasteiger partial charge >= 0.3 is 0 Å². The van der Waals surface area contributed by atoms with Gasteiger partial charge in [0.2, 0.25) is 0 Å². The summed E-state index contributed by atoms with van der Waals surface area (Å²) in [7, 11) is 3.30. The van der Waals surface area contributed by atoms with E-state index >= 15 is 0 Å². The Morgan fingerprint density at radius 2 is 1.80 bits per heavy atom. The Morgan fingerprint density at radius 1 is 1.10 bits per heavy atom. The van der Waals surface area contributed by atoms with Crippen molar-refractivity contribution < 1.29 is 9.47 Å². The van der Waals surface area contributed by atoms with Crippen molar-refractivity contribution in [3.63, 3.8) is 0 Å². The fourth-order valence-electron chi connectivity index (χ4n) is 2.88. The predicted octanol–water partition coefficient (Wildman–Crippen LogP) is 4.17. The largest absolute Gasteiger partial charge is 0.493 e. The summed E-state index contributed by atoms with van der Waals surface area (Å²) < 4.78 is 10.8. The summed E-state index contributed by atoms with van der Waals surface area (Å²) in [5.41, 5.74) is 1.06. The highest BCUT2D eigenvalue weighted by Crippen LogP contribution is 2.34. The molecule has 4 heteroatoms. The molecule has 1 aromatic carbocycles. The van der Waals surface area contributed by atoms with Crippen LogP contribution in [0.5, 0.6) is 11.5 Å². The number of methoxy groups -OCH3 is 2. The summed E-state index contributed by atoms with van der Waals surface area (Å²) >= 11 is 6.14. The molecule has 0 saturated heterocycles. The van der Waals surface area contributed by atoms with E-state index in [1.807, 2.05) is 6.07 Å². The Balaban J connectivity index is 2.05. The van der Waals surface area contributed by atoms with Crippen LogP contribution in [0.1, 0.15) is 44.1 Å². The first-order valence-corrected chi connectivity index (χ1v) is 7.76. The maximum atomic E-state index is 6.14. The second kappa shape index (κ2) is 7.75. The zero-order chi connectivity index (χ0) is 14.4. The molecule has 0 heterocycles. The highest BCUT2D eigenvalue weighted by molar-refractivity contribution is 6.30. The molecule has 3 nitrogen and oxygen atoms in total. The van der Waals surface area contributed by atoms with Crippen molar-refractivity contribution >= 4 is 11.6 Å². The molecular weight excluding hydrogens is 274 g/mol. The van der Waals surface area contributed by atoms with E-state index in [-0.39, 0.29) is 0 Å². The molecule has 1 N–H and O–H groups in total. The van der Waals surface area contributed by atoms with E-state index in [4.69, 9.17) is 21.1 Å². The number of benzene rings is 1. The minimum atomic E-state index is 0.604. The molecule has 0 bridgehead atoms. The zero-order valence-corrected chi connectivity index (χ0v) is 13.1. The number of rotatable bonds is 5. The normalized spacial score (nSPS) is 16.8. The molecule has 1 aliphatic rings. The van der Waals surface area contributed by atoms with E-state index in [0.29, 0.717) is 16.8 Å². The highest BCUT2D eigenvalue weighted by atomic mass is 35.5. The first-order chi connectivity index (χ1) is 9.74. The van der Waals surface area contributed by atoms with Crippen LogP contribution in [0.25, 0.3) is 0 Å². The minimum absolute atomic E-state index is 0.604. The summed E-state index contributed by atoms with van der Waals surface area (Å²) in [6.07, 6.45) is 7.92. The Morgan fingerprint density at radius 3 is 2.40 bits per heavy atom. The monoisotopic (exact) mass is 297 g/mol. The van der Waals surface area contributed by atoms with Crippen LogP contribution in [0.15, 0.2) is 12.1 Å². The highest BCUT2D eigenvalue weighted by Gasteiger charge is 2.15. The third kappa shape index (κ3) is 4.03. The van der Waals surface area contributed by atoms with Crippen LogP contribution in [0.3, 0.4) is 0 Å². The van der Waals surface area contributed by atoms with Gasteiger partial charge in [-0.1, -0.05) is 37.3 Å². The molecule has 112 valence electrons. The Kier molecular flexibility index (Phi) is 5.99. The van der Waals surface area contributed by atoms with Crippen molar-refractivity contribution in [2.75, 3.05) is 14.2 Å². The van der Waals surface area contributed by atoms with Crippen molar-refractivity contribution in [1.82, 2.24) is 5.32 Å². The van der Waals surface area contributed by atoms with Crippen LogP contribution < -0.4 is 14.8 Å². The van der Waals surface area contributed by atoms with Crippen LogP contribution in [0.2, 0.25) is 5.02 Å². The maximum Gasteiger partial charge on any atom is 0.165 e. The van der Waals surface area contributed by atoms with Crippen molar-refractivity contribution in [2.45, 2.75) is 51.1 Å². The van der Waals surface area contributed by atoms with E-state index < -0.39 is 0 Å². The average Bonchev–Trinajstić information content (AvgIpc) is 2.73. The lowest BCUT2D eigenvalue weighted by Gasteiger charge is -2.18. The standard InChI is InChI=1S/C16H24ClNO2/c1-19-15-10-13(17)9-12(16(15)20-2)11-18-14-7-5-3-4-6-8-14/h9-10,14,18H,3-8,11H2,1-2H3. The van der Waals surface area contributed by atoms with Gasteiger partial charge in [0, 0.05) is 29.2 Å². The summed E-state index contributed by atoms with van der Waals surface area (Å²) in [5, 5.41) is 4.32. The predicted molar refractivity (Wildman–Crippen MR) is 82.9 cm³/mol. The van der Waals surface area contributed by atoms with Crippen LogP contribution in [0.4, 0.5) is 0 Å². The van der Waals surface area contributed by atoms with E-state index in [9.17, 15) is 0 Å². The average molecular weight is 298 g/mol. The first kappa shape index (κ1) is 15.5. The molecule has 0 atom stereocenters. The van der Waals surface area contributed by atoms with Gasteiger partial charge in [0.1, 0.15) is 0 Å². The Labute approximate surface area is 126 Å². The lowest BCUT2D eigenvalue weighted by Crippen LogP contribution is -2.28. The fraction of sp³-hybridized carbons (Fsp3) is 0.625. The quantitative estimate of drug-likeness (QED) is 0.828. The van der Waals surface area contributed by atoms with Gasteiger partial charge in [-0.15, -0.1) is 0 Å². The molecule has 0 spiro atoms. The molecular formula is C16H24ClNO2. The number of ether oxygens (including phenoxy) is 2. The third-order valence-electron chi connectivity index (χ3n) is 3.96. The summed E-state index contributed by atoms with van der Waals surface area (Å²) in [4.78, 5) is 0. The van der Waals surface area contributed by atoms with E-state index in [2.05, 4.69) is 5.32 Å². The van der Waals surface area contributed by atoms with Crippen LogP contribution >= 0.6 is 11.6 Å². The molecule has 1 saturated carbocycles. The summed E-state index contributed by atoms with van der Waals surface area (Å²) in [6.45, 7) is 0.769. The van der Waals surface area contributed by atoms with Crippen LogP contribution in [0, 0.1) is 0 Å². The molecule has 2 rings (SSSR count). The maximum absolute atomic E-state index is 6.14. The summed E-state index contributed by atoms with van der Waals surface area (Å²) in [5.74, 6) is 1.47. The van der Waals surface area contributed by atoms with Crippen molar-refractivity contribution in [3.05, 3.63) is 22.7 Å². The second-order valence-electron chi connectivity index (χ2n) is 5.37. The van der Waals surface area contributed by atoms with Crippen molar-refractivity contribution in [3.8, 4) is 11.5 Å². The number of hydrogen-bond acceptors (Lipinski definition) is 3. The van der Waals surface area contributed by atoms with Gasteiger partial charge in [-0.05, 0) is 18.9 Å². The molecule has 0 radical (unpaired) electrons. The topological polar surface area (TPSA) is 30.5 Å². The van der Waals surface area contributed by atoms with Crippen molar-refractivity contribution in [2.24, 2.45) is 0 Å². The SMILES string of the molecule is COc1cc(Cl)cc(CNC2CCCCCC2)c1OC. The van der Waals surface area contributed by atoms with Crippen LogP contribution in [-0.4, -0.2) is 20.3 Å². The molecule has 0 aliphatic heterocycles. The number of hydrogen-bond donors (Lipinski definition) is 1. The molecule has 0 amide bonds. The molecule has 0 unspecified atom stereocenters. The van der Waals surface area contributed by atoms with Gasteiger partial charge in [0.05, 0.1) is 14.2 Å². The fourth-order valence-corrected chi connectivity index (χ4v) is 3.11. The molecule has 1 fully saturated rings. The molecule has 1 aliphatic carbocycles. The van der Waals surface area contributed by atoms with Gasteiger partial charge in [0.15, 0.2) is 11.5 Å². The van der Waals surface area contributed by atoms with E-state index in [1.54, 1.807) is 20.3 Å². The van der Waals surface area contributed by atoms with Gasteiger partial charge in [0.25, 0.3) is 0 Å². The second-order valence-corrected chi connectivity index (χ2v) is 5.81. The van der Waals surface area contributed by atoms with Gasteiger partial charge in [-0.2, -0.15) is 0 Å². The zero-order valence-electron chi connectivity index (χ0n) is 12.4. The number of halogens is 1. The third-order valence-corrected chi connectivity index (χ3v) is 4.18. The smallest absolute Gasteiger partial charge is 0.165 e. The number of nitrogens with one attached hydrogen (secondary N) is 1. The molecule has 1 aromatic rings. The van der Waals surface area contributed by atoms with Gasteiger partial charge in [-0.3, -0.25) is 0 Å². The Hall–Kier alpha value is -0.930. The minimum Gasteiger partial charge on any atom is -0.493 e. The Bertz CT molecular complexity index is 429. The van der Waals surface area contributed by atoms with Crippen LogP contribution in [-0.2, 0) is 6.54 Å². The lowest BCUT2D eigenvalue weighted by atomic mass is 10.1. The van der Waals surface area contributed by atoms with E-state index in [1.165, 1.54) is 38.5 Å². The lowest BCUT2D eigenvalue weighted by molar-refractivity contribution is 0.349. The molecule has 0 aromatic heterocycles. The first-order valence-electron chi connectivity index (χ1n) is 7.38. The molecule has 20 heavy (non-hydrogen) atoms. The van der Waals surface area contributed by atoms with Crippen molar-refractivity contribution in [1.29, 1.82) is 0 Å². The van der Waals surface area contributed by atoms with Gasteiger partial charge in [-0.25, -0.2) is 0 Å². The van der Waals surface area contributed by atoms with Gasteiger partial charge < -0.3 is 14.8 Å². The van der Waals surface area contributed by atoms with E-state index in [0.717, 1.165) is 17.9 Å². The summed E-state index contributed by atoms with van der Waals surface area (Å²) in [6, 6.07) is 4.34.